The first-order valence-electron chi connectivity index (χ1n) is 6.20. The molecule has 0 radical (unpaired) electrons. The van der Waals surface area contributed by atoms with Crippen LogP contribution in [0, 0.1) is 0 Å². The van der Waals surface area contributed by atoms with Crippen molar-refractivity contribution < 1.29 is 19.4 Å². The Morgan fingerprint density at radius 3 is 2.80 bits per heavy atom. The number of aromatic amines is 1. The number of ether oxygens (including phenoxy) is 1. The molecule has 0 saturated heterocycles. The van der Waals surface area contributed by atoms with Crippen molar-refractivity contribution in [1.82, 2.24) is 4.98 Å². The number of carbonyl (C=O) groups excluding carboxylic acids is 1. The molecule has 1 heterocycles. The number of carboxylic acid groups (broad SMARTS) is 1. The molecule has 1 aromatic heterocycles. The predicted molar refractivity (Wildman–Crippen MR) is 78.0 cm³/mol. The van der Waals surface area contributed by atoms with Gasteiger partial charge in [0.1, 0.15) is 0 Å². The van der Waals surface area contributed by atoms with E-state index in [-0.39, 0.29) is 12.8 Å². The lowest BCUT2D eigenvalue weighted by Gasteiger charge is -2.13. The van der Waals surface area contributed by atoms with E-state index in [1.165, 1.54) is 0 Å². The van der Waals surface area contributed by atoms with Crippen LogP contribution in [0.3, 0.4) is 0 Å². The maximum Gasteiger partial charge on any atom is 0.345 e. The van der Waals surface area contributed by atoms with Gasteiger partial charge in [0.25, 0.3) is 0 Å². The summed E-state index contributed by atoms with van der Waals surface area (Å²) in [5.41, 5.74) is 1.74. The number of rotatable bonds is 6. The molecule has 0 spiro atoms. The van der Waals surface area contributed by atoms with Crippen LogP contribution in [0.15, 0.2) is 30.5 Å². The summed E-state index contributed by atoms with van der Waals surface area (Å²) in [4.78, 5) is 25.7. The Morgan fingerprint density at radius 2 is 2.10 bits per heavy atom. The normalized spacial score (nSPS) is 12.2. The molecule has 1 unspecified atom stereocenters. The standard InChI is InChI=1S/C14H15NO4S/c16-13(5-6-20)19-12(14(17)18)7-9-8-15-11-4-2-1-3-10(9)11/h1-4,8,12,15,20H,5-7H2,(H,17,18). The zero-order valence-corrected chi connectivity index (χ0v) is 11.6. The second kappa shape index (κ2) is 6.47. The summed E-state index contributed by atoms with van der Waals surface area (Å²) in [7, 11) is 0. The van der Waals surface area contributed by atoms with Crippen molar-refractivity contribution in [2.24, 2.45) is 0 Å². The topological polar surface area (TPSA) is 79.4 Å². The van der Waals surface area contributed by atoms with Crippen LogP contribution in [0.4, 0.5) is 0 Å². The molecule has 2 aromatic rings. The average Bonchev–Trinajstić information content (AvgIpc) is 2.82. The number of fused-ring (bicyclic) bond motifs is 1. The summed E-state index contributed by atoms with van der Waals surface area (Å²) in [6.07, 6.45) is 0.799. The molecule has 1 aromatic carbocycles. The minimum atomic E-state index is -1.18. The van der Waals surface area contributed by atoms with Crippen molar-refractivity contribution in [3.63, 3.8) is 0 Å². The molecule has 0 aliphatic carbocycles. The number of para-hydroxylation sites is 1. The summed E-state index contributed by atoms with van der Waals surface area (Å²) in [5, 5.41) is 10.1. The number of aromatic nitrogens is 1. The second-order valence-corrected chi connectivity index (χ2v) is 4.80. The Kier molecular flexibility index (Phi) is 4.68. The van der Waals surface area contributed by atoms with Gasteiger partial charge >= 0.3 is 11.9 Å². The van der Waals surface area contributed by atoms with Gasteiger partial charge in [-0.2, -0.15) is 12.6 Å². The van der Waals surface area contributed by atoms with Crippen LogP contribution in [0.5, 0.6) is 0 Å². The Bertz CT molecular complexity index is 622. The Balaban J connectivity index is 2.15. The van der Waals surface area contributed by atoms with Gasteiger partial charge in [0, 0.05) is 29.3 Å². The van der Waals surface area contributed by atoms with Gasteiger partial charge in [-0.1, -0.05) is 18.2 Å². The zero-order valence-electron chi connectivity index (χ0n) is 10.7. The summed E-state index contributed by atoms with van der Waals surface area (Å²) in [6, 6.07) is 7.57. The molecule has 1 atom stereocenters. The molecule has 0 amide bonds. The molecule has 0 fully saturated rings. The van der Waals surface area contributed by atoms with E-state index >= 15 is 0 Å². The van der Waals surface area contributed by atoms with Crippen LogP contribution in [0.2, 0.25) is 0 Å². The summed E-state index contributed by atoms with van der Waals surface area (Å²) < 4.78 is 4.97. The molecule has 0 aliphatic heterocycles. The maximum absolute atomic E-state index is 11.4. The number of aliphatic carboxylic acids is 1. The SMILES string of the molecule is O=C(CCS)OC(Cc1c[nH]c2ccccc12)C(=O)O. The second-order valence-electron chi connectivity index (χ2n) is 4.35. The third kappa shape index (κ3) is 3.33. The number of thiol groups is 1. The quantitative estimate of drug-likeness (QED) is 0.562. The Hall–Kier alpha value is -1.95. The molecule has 0 bridgehead atoms. The van der Waals surface area contributed by atoms with Gasteiger partial charge in [0.2, 0.25) is 6.10 Å². The monoisotopic (exact) mass is 293 g/mol. The summed E-state index contributed by atoms with van der Waals surface area (Å²) in [6.45, 7) is 0. The number of benzene rings is 1. The molecule has 20 heavy (non-hydrogen) atoms. The molecule has 0 aliphatic rings. The first-order valence-corrected chi connectivity index (χ1v) is 6.83. The number of H-pyrrole nitrogens is 1. The van der Waals surface area contributed by atoms with E-state index in [9.17, 15) is 9.59 Å². The molecule has 0 saturated carbocycles. The van der Waals surface area contributed by atoms with Crippen LogP contribution in [-0.2, 0) is 20.7 Å². The van der Waals surface area contributed by atoms with Crippen molar-refractivity contribution in [3.8, 4) is 0 Å². The Labute approximate surface area is 121 Å². The van der Waals surface area contributed by atoms with Crippen LogP contribution in [0.25, 0.3) is 10.9 Å². The maximum atomic E-state index is 11.4. The lowest BCUT2D eigenvalue weighted by atomic mass is 10.1. The van der Waals surface area contributed by atoms with E-state index in [4.69, 9.17) is 9.84 Å². The van der Waals surface area contributed by atoms with Crippen LogP contribution >= 0.6 is 12.6 Å². The summed E-state index contributed by atoms with van der Waals surface area (Å²) in [5.74, 6) is -1.37. The van der Waals surface area contributed by atoms with Crippen molar-refractivity contribution >= 4 is 35.5 Å². The molecule has 5 nitrogen and oxygen atoms in total. The van der Waals surface area contributed by atoms with Gasteiger partial charge in [-0.3, -0.25) is 4.79 Å². The minimum absolute atomic E-state index is 0.0980. The smallest absolute Gasteiger partial charge is 0.345 e. The van der Waals surface area contributed by atoms with Crippen molar-refractivity contribution in [3.05, 3.63) is 36.0 Å². The fourth-order valence-corrected chi connectivity index (χ4v) is 2.17. The summed E-state index contributed by atoms with van der Waals surface area (Å²) >= 11 is 3.92. The average molecular weight is 293 g/mol. The molecule has 2 rings (SSSR count). The van der Waals surface area contributed by atoms with E-state index in [0.717, 1.165) is 16.5 Å². The number of esters is 1. The van der Waals surface area contributed by atoms with E-state index in [1.54, 1.807) is 6.20 Å². The van der Waals surface area contributed by atoms with Crippen LogP contribution in [-0.4, -0.2) is 33.9 Å². The van der Waals surface area contributed by atoms with Gasteiger partial charge in [0.05, 0.1) is 6.42 Å². The number of nitrogens with one attached hydrogen (secondary N) is 1. The zero-order chi connectivity index (χ0) is 14.5. The van der Waals surface area contributed by atoms with Crippen molar-refractivity contribution in [2.45, 2.75) is 18.9 Å². The largest absolute Gasteiger partial charge is 0.478 e. The highest BCUT2D eigenvalue weighted by Gasteiger charge is 2.23. The van der Waals surface area contributed by atoms with Gasteiger partial charge in [-0.15, -0.1) is 0 Å². The van der Waals surface area contributed by atoms with Gasteiger partial charge in [-0.05, 0) is 11.6 Å². The van der Waals surface area contributed by atoms with Gasteiger partial charge in [0.15, 0.2) is 0 Å². The van der Waals surface area contributed by atoms with Crippen molar-refractivity contribution in [1.29, 1.82) is 0 Å². The van der Waals surface area contributed by atoms with Gasteiger partial charge < -0.3 is 14.8 Å². The van der Waals surface area contributed by atoms with E-state index in [1.807, 2.05) is 24.3 Å². The number of carboxylic acids is 1. The molecule has 106 valence electrons. The first kappa shape index (κ1) is 14.5. The number of hydrogen-bond donors (Lipinski definition) is 3. The van der Waals surface area contributed by atoms with Crippen LogP contribution in [0.1, 0.15) is 12.0 Å². The van der Waals surface area contributed by atoms with E-state index < -0.39 is 18.0 Å². The number of carbonyl (C=O) groups is 2. The fraction of sp³-hybridized carbons (Fsp3) is 0.286. The molecular formula is C14H15NO4S. The number of hydrogen-bond acceptors (Lipinski definition) is 4. The third-order valence-electron chi connectivity index (χ3n) is 2.95. The lowest BCUT2D eigenvalue weighted by Crippen LogP contribution is -2.29. The Morgan fingerprint density at radius 1 is 1.35 bits per heavy atom. The predicted octanol–water partition coefficient (Wildman–Crippen LogP) is 2.03. The lowest BCUT2D eigenvalue weighted by molar-refractivity contribution is -0.163. The molecule has 2 N–H and O–H groups in total. The highest BCUT2D eigenvalue weighted by atomic mass is 32.1. The van der Waals surface area contributed by atoms with Crippen LogP contribution < -0.4 is 0 Å². The molecule has 6 heteroatoms. The van der Waals surface area contributed by atoms with E-state index in [2.05, 4.69) is 17.6 Å². The van der Waals surface area contributed by atoms with Crippen molar-refractivity contribution in [2.75, 3.05) is 5.75 Å². The minimum Gasteiger partial charge on any atom is -0.478 e. The first-order chi connectivity index (χ1) is 9.61. The van der Waals surface area contributed by atoms with E-state index in [0.29, 0.717) is 5.75 Å². The highest BCUT2D eigenvalue weighted by Crippen LogP contribution is 2.20. The third-order valence-corrected chi connectivity index (χ3v) is 3.17. The fourth-order valence-electron chi connectivity index (χ4n) is 1.99. The molecular weight excluding hydrogens is 278 g/mol. The highest BCUT2D eigenvalue weighted by molar-refractivity contribution is 7.80. The van der Waals surface area contributed by atoms with Gasteiger partial charge in [-0.25, -0.2) is 4.79 Å².